The van der Waals surface area contributed by atoms with Crippen molar-refractivity contribution in [1.29, 1.82) is 0 Å². The summed E-state index contributed by atoms with van der Waals surface area (Å²) in [6, 6.07) is 6.61. The monoisotopic (exact) mass is 491 g/mol. The molecule has 2 aromatic heterocycles. The first-order valence-electron chi connectivity index (χ1n) is 10.9. The third-order valence-corrected chi connectivity index (χ3v) is 5.82. The largest absolute Gasteiger partial charge is 0.575 e. The van der Waals surface area contributed by atoms with Crippen LogP contribution < -0.4 is 15.0 Å². The highest BCUT2D eigenvalue weighted by atomic mass is 19.4. The predicted octanol–water partition coefficient (Wildman–Crippen LogP) is 4.45. The molecule has 0 saturated carbocycles. The number of amides is 2. The van der Waals surface area contributed by atoms with Gasteiger partial charge in [0, 0.05) is 35.4 Å². The van der Waals surface area contributed by atoms with Crippen molar-refractivity contribution in [3.05, 3.63) is 41.7 Å². The normalized spacial score (nSPS) is 17.4. The van der Waals surface area contributed by atoms with E-state index in [9.17, 15) is 22.8 Å². The summed E-state index contributed by atoms with van der Waals surface area (Å²) in [4.78, 5) is 25.0. The summed E-state index contributed by atoms with van der Waals surface area (Å²) in [5.74, 6) is -0.366. The van der Waals surface area contributed by atoms with E-state index in [4.69, 9.17) is 13.7 Å². The van der Waals surface area contributed by atoms with Crippen molar-refractivity contribution in [2.45, 2.75) is 38.7 Å². The molecular weight excluding hydrogens is 471 g/mol. The fraction of sp³-hybridized carbons (Fsp3) is 0.348. The molecule has 12 heteroatoms. The lowest BCUT2D eigenvalue weighted by Crippen LogP contribution is -2.33. The Morgan fingerprint density at radius 2 is 2.11 bits per heavy atom. The van der Waals surface area contributed by atoms with Crippen LogP contribution >= 0.6 is 0 Å². The van der Waals surface area contributed by atoms with Crippen LogP contribution in [-0.2, 0) is 22.4 Å². The number of aryl methyl sites for hydroxylation is 1. The number of halogens is 3. The third-order valence-electron chi connectivity index (χ3n) is 5.82. The molecule has 3 heterocycles. The molecule has 3 aromatic rings. The lowest BCUT2D eigenvalue weighted by atomic mass is 10.0. The van der Waals surface area contributed by atoms with Crippen LogP contribution in [0, 0.1) is 0 Å². The number of nitrogens with one attached hydrogen (secondary N) is 1. The zero-order valence-electron chi connectivity index (χ0n) is 18.5. The molecule has 1 atom stereocenters. The van der Waals surface area contributed by atoms with Crippen molar-refractivity contribution in [2.24, 2.45) is 0 Å². The van der Waals surface area contributed by atoms with Crippen molar-refractivity contribution >= 4 is 17.7 Å². The Labute approximate surface area is 196 Å². The number of rotatable bonds is 5. The molecule has 1 N–H and O–H groups in total. The number of hydrogen-bond acceptors (Lipinski definition) is 7. The standard InChI is InChI=1S/C23H20F3N3O6/c1-12(30)27-9-16-10-29(22(31)33-16)15-5-6-17-13(7-15)3-2-4-18-20(28-35-21(17)18)14-8-19(32-11-14)34-23(24,25)26/h5-8,11,16H,2-4,9-10H2,1H3,(H,27,30)/t16-/m0/s1. The number of alkyl halides is 3. The number of fused-ring (bicyclic) bond motifs is 3. The fourth-order valence-corrected chi connectivity index (χ4v) is 4.32. The summed E-state index contributed by atoms with van der Waals surface area (Å²) in [5, 5.41) is 6.73. The van der Waals surface area contributed by atoms with Crippen molar-refractivity contribution < 1.29 is 41.2 Å². The number of ether oxygens (including phenoxy) is 2. The van der Waals surface area contributed by atoms with Crippen LogP contribution in [0.15, 0.2) is 39.5 Å². The SMILES string of the molecule is CC(=O)NC[C@H]1CN(c2ccc3c(c2)CCCc2c(-c4coc(OC(F)(F)F)c4)noc2-3)C(=O)O1. The molecule has 5 rings (SSSR count). The molecular formula is C23H20F3N3O6. The summed E-state index contributed by atoms with van der Waals surface area (Å²) in [7, 11) is 0. The lowest BCUT2D eigenvalue weighted by Gasteiger charge is -2.15. The molecule has 1 aliphatic carbocycles. The average molecular weight is 491 g/mol. The minimum atomic E-state index is -4.86. The van der Waals surface area contributed by atoms with Gasteiger partial charge in [-0.1, -0.05) is 5.16 Å². The second-order valence-corrected chi connectivity index (χ2v) is 8.29. The van der Waals surface area contributed by atoms with Gasteiger partial charge < -0.3 is 23.7 Å². The summed E-state index contributed by atoms with van der Waals surface area (Å²) in [6.45, 7) is 1.93. The van der Waals surface area contributed by atoms with Gasteiger partial charge in [-0.15, -0.1) is 13.2 Å². The molecule has 0 unspecified atom stereocenters. The number of nitrogens with zero attached hydrogens (tertiary/aromatic N) is 2. The van der Waals surface area contributed by atoms with Gasteiger partial charge in [-0.25, -0.2) is 4.79 Å². The Bertz CT molecular complexity index is 1280. The number of carbonyl (C=O) groups excluding carboxylic acids is 2. The van der Waals surface area contributed by atoms with Gasteiger partial charge in [0.15, 0.2) is 5.76 Å². The molecule has 2 aliphatic rings. The molecule has 1 saturated heterocycles. The van der Waals surface area contributed by atoms with Gasteiger partial charge in [0.05, 0.1) is 13.1 Å². The molecule has 35 heavy (non-hydrogen) atoms. The Morgan fingerprint density at radius 1 is 1.29 bits per heavy atom. The Hall–Kier alpha value is -3.96. The fourth-order valence-electron chi connectivity index (χ4n) is 4.32. The molecule has 1 fully saturated rings. The van der Waals surface area contributed by atoms with E-state index in [-0.39, 0.29) is 12.5 Å². The topological polar surface area (TPSA) is 107 Å². The van der Waals surface area contributed by atoms with E-state index in [0.29, 0.717) is 42.1 Å². The number of benzene rings is 1. The van der Waals surface area contributed by atoms with Gasteiger partial charge in [0.25, 0.3) is 5.95 Å². The second kappa shape index (κ2) is 8.67. The maximum absolute atomic E-state index is 12.5. The van der Waals surface area contributed by atoms with Crippen LogP contribution in [0.25, 0.3) is 22.6 Å². The van der Waals surface area contributed by atoms with Gasteiger partial charge in [0.2, 0.25) is 5.91 Å². The van der Waals surface area contributed by atoms with Gasteiger partial charge >= 0.3 is 12.5 Å². The number of carbonyl (C=O) groups is 2. The quantitative estimate of drug-likeness (QED) is 0.562. The van der Waals surface area contributed by atoms with Gasteiger partial charge in [0.1, 0.15) is 18.1 Å². The van der Waals surface area contributed by atoms with Gasteiger partial charge in [-0.3, -0.25) is 9.69 Å². The summed E-state index contributed by atoms with van der Waals surface area (Å²) in [6.07, 6.45) is -2.65. The van der Waals surface area contributed by atoms with Crippen LogP contribution in [0.5, 0.6) is 5.95 Å². The number of hydrogen-bond donors (Lipinski definition) is 1. The second-order valence-electron chi connectivity index (χ2n) is 8.29. The van der Waals surface area contributed by atoms with E-state index in [1.165, 1.54) is 11.8 Å². The van der Waals surface area contributed by atoms with Crippen LogP contribution in [0.2, 0.25) is 0 Å². The molecule has 0 radical (unpaired) electrons. The van der Waals surface area contributed by atoms with E-state index in [1.807, 2.05) is 12.1 Å². The zero-order valence-corrected chi connectivity index (χ0v) is 18.5. The van der Waals surface area contributed by atoms with Gasteiger partial charge in [-0.2, -0.15) is 0 Å². The zero-order chi connectivity index (χ0) is 24.7. The molecule has 184 valence electrons. The lowest BCUT2D eigenvalue weighted by molar-refractivity contribution is -0.280. The van der Waals surface area contributed by atoms with Gasteiger partial charge in [-0.05, 0) is 43.0 Å². The smallest absolute Gasteiger partial charge is 0.442 e. The van der Waals surface area contributed by atoms with Crippen LogP contribution in [0.1, 0.15) is 24.5 Å². The maximum Gasteiger partial charge on any atom is 0.575 e. The summed E-state index contributed by atoms with van der Waals surface area (Å²) < 4.78 is 57.1. The maximum atomic E-state index is 12.5. The van der Waals surface area contributed by atoms with Crippen molar-refractivity contribution in [3.8, 4) is 28.5 Å². The third kappa shape index (κ3) is 4.68. The Kier molecular flexibility index (Phi) is 5.65. The first kappa shape index (κ1) is 22.8. The predicted molar refractivity (Wildman–Crippen MR) is 115 cm³/mol. The highest BCUT2D eigenvalue weighted by molar-refractivity contribution is 5.90. The molecule has 1 aliphatic heterocycles. The summed E-state index contributed by atoms with van der Waals surface area (Å²) in [5.41, 5.74) is 3.85. The number of furan rings is 1. The highest BCUT2D eigenvalue weighted by Gasteiger charge is 2.34. The minimum absolute atomic E-state index is 0.203. The minimum Gasteiger partial charge on any atom is -0.442 e. The van der Waals surface area contributed by atoms with Crippen molar-refractivity contribution in [2.75, 3.05) is 18.0 Å². The molecule has 2 amide bonds. The first-order chi connectivity index (χ1) is 16.7. The van der Waals surface area contributed by atoms with E-state index in [2.05, 4.69) is 15.2 Å². The molecule has 0 bridgehead atoms. The average Bonchev–Trinajstić information content (AvgIpc) is 3.47. The number of anilines is 1. The summed E-state index contributed by atoms with van der Waals surface area (Å²) >= 11 is 0. The first-order valence-corrected chi connectivity index (χ1v) is 10.9. The Morgan fingerprint density at radius 3 is 2.89 bits per heavy atom. The van der Waals surface area contributed by atoms with Crippen molar-refractivity contribution in [1.82, 2.24) is 10.5 Å². The van der Waals surface area contributed by atoms with E-state index >= 15 is 0 Å². The molecule has 0 spiro atoms. The van der Waals surface area contributed by atoms with Crippen LogP contribution in [0.4, 0.5) is 23.7 Å². The highest BCUT2D eigenvalue weighted by Crippen LogP contribution is 2.41. The van der Waals surface area contributed by atoms with Crippen molar-refractivity contribution in [3.63, 3.8) is 0 Å². The van der Waals surface area contributed by atoms with E-state index in [1.54, 1.807) is 6.07 Å². The van der Waals surface area contributed by atoms with E-state index in [0.717, 1.165) is 35.4 Å². The number of cyclic esters (lactones) is 1. The van der Waals surface area contributed by atoms with E-state index < -0.39 is 24.5 Å². The Balaban J connectivity index is 1.40. The molecule has 9 nitrogen and oxygen atoms in total. The van der Waals surface area contributed by atoms with Crippen LogP contribution in [0.3, 0.4) is 0 Å². The number of aromatic nitrogens is 1. The molecule has 1 aromatic carbocycles. The van der Waals surface area contributed by atoms with Crippen LogP contribution in [-0.4, -0.2) is 42.7 Å².